The van der Waals surface area contributed by atoms with Crippen LogP contribution in [0.1, 0.15) is 106 Å². The minimum Gasteiger partial charge on any atom is -0.396 e. The maximum Gasteiger partial charge on any atom is 0.186 e. The van der Waals surface area contributed by atoms with Crippen molar-refractivity contribution < 1.29 is 64.9 Å². The lowest BCUT2D eigenvalue weighted by Gasteiger charge is -2.71. The third kappa shape index (κ3) is 6.44. The Balaban J connectivity index is 1.11. The Bertz CT molecular complexity index is 1430. The van der Waals surface area contributed by atoms with Gasteiger partial charge in [-0.3, -0.25) is 0 Å². The summed E-state index contributed by atoms with van der Waals surface area (Å²) >= 11 is 0. The number of aliphatic hydroxyl groups is 9. The summed E-state index contributed by atoms with van der Waals surface area (Å²) in [5.41, 5.74) is 0.695. The predicted octanol–water partition coefficient (Wildman–Crippen LogP) is 1.76. The zero-order valence-corrected chi connectivity index (χ0v) is 33.7. The van der Waals surface area contributed by atoms with E-state index in [1.165, 1.54) is 0 Å². The molecule has 0 spiro atoms. The first kappa shape index (κ1) is 42.3. The molecule has 6 fully saturated rings. The van der Waals surface area contributed by atoms with E-state index in [0.29, 0.717) is 24.9 Å². The normalized spacial score (nSPS) is 56.7. The van der Waals surface area contributed by atoms with Gasteiger partial charge in [0.1, 0.15) is 48.8 Å². The van der Waals surface area contributed by atoms with Gasteiger partial charge in [0, 0.05) is 5.41 Å². The standard InChI is InChI=1S/C42H70O13/c1-37(21-52-35-33(50)31(48)29(46)24(18-43)53-35)13-14-38(2)15-16-41(5)22(23(38)17-37)7-8-27-39(3)11-10-28(40(4,20-45)26(39)9-12-42(27,41)6)55-36-34(51)32(49)30(47)25(19-44)54-36/h7,23-36,43-51H,8-21H2,1-6H3/t23-,24+,25+,26-,27+,28-,29+,30+,31-,32-,33+,34+,35+,36-,37+,38+,39-,40-,41+,42+/m0/s1. The molecule has 0 amide bonds. The quantitative estimate of drug-likeness (QED) is 0.127. The topological polar surface area (TPSA) is 219 Å². The lowest BCUT2D eigenvalue weighted by atomic mass is 9.33. The Morgan fingerprint density at radius 1 is 0.673 bits per heavy atom. The average molecular weight is 783 g/mol. The first-order valence-corrected chi connectivity index (χ1v) is 21.0. The van der Waals surface area contributed by atoms with E-state index in [2.05, 4.69) is 47.6 Å². The smallest absolute Gasteiger partial charge is 0.186 e. The molecule has 13 heteroatoms. The van der Waals surface area contributed by atoms with Crippen molar-refractivity contribution in [1.82, 2.24) is 0 Å². The lowest BCUT2D eigenvalue weighted by Crippen LogP contribution is -2.66. The van der Waals surface area contributed by atoms with E-state index < -0.39 is 86.1 Å². The van der Waals surface area contributed by atoms with Crippen molar-refractivity contribution in [2.75, 3.05) is 26.4 Å². The molecule has 7 rings (SSSR count). The summed E-state index contributed by atoms with van der Waals surface area (Å²) in [5, 5.41) is 93.5. The zero-order chi connectivity index (χ0) is 40.1. The highest BCUT2D eigenvalue weighted by Crippen LogP contribution is 2.76. The molecule has 0 bridgehead atoms. The lowest BCUT2D eigenvalue weighted by molar-refractivity contribution is -0.333. The second kappa shape index (κ2) is 14.7. The molecule has 0 unspecified atom stereocenters. The Labute approximate surface area is 326 Å². The van der Waals surface area contributed by atoms with Crippen molar-refractivity contribution in [3.63, 3.8) is 0 Å². The van der Waals surface area contributed by atoms with Gasteiger partial charge in [-0.15, -0.1) is 0 Å². The van der Waals surface area contributed by atoms with Crippen LogP contribution in [0, 0.1) is 50.2 Å². The van der Waals surface area contributed by atoms with Crippen LogP contribution in [-0.4, -0.2) is 140 Å². The molecule has 9 N–H and O–H groups in total. The molecule has 55 heavy (non-hydrogen) atoms. The summed E-state index contributed by atoms with van der Waals surface area (Å²) in [6, 6.07) is 0. The van der Waals surface area contributed by atoms with E-state index in [1.54, 1.807) is 5.57 Å². The fourth-order valence-corrected chi connectivity index (χ4v) is 13.6. The van der Waals surface area contributed by atoms with Gasteiger partial charge >= 0.3 is 0 Å². The summed E-state index contributed by atoms with van der Waals surface area (Å²) < 4.78 is 24.1. The van der Waals surface area contributed by atoms with Gasteiger partial charge in [-0.25, -0.2) is 0 Å². The first-order chi connectivity index (χ1) is 25.8. The fraction of sp³-hybridized carbons (Fsp3) is 0.952. The van der Waals surface area contributed by atoms with E-state index in [-0.39, 0.29) is 39.6 Å². The number of aliphatic hydroxyl groups excluding tert-OH is 9. The summed E-state index contributed by atoms with van der Waals surface area (Å²) in [6.45, 7) is 13.4. The molecule has 13 nitrogen and oxygen atoms in total. The highest BCUT2D eigenvalue weighted by atomic mass is 16.7. The van der Waals surface area contributed by atoms with Gasteiger partial charge in [-0.1, -0.05) is 53.2 Å². The zero-order valence-electron chi connectivity index (χ0n) is 33.7. The molecule has 5 aliphatic carbocycles. The molecule has 0 aromatic carbocycles. The SMILES string of the molecule is C[C@@]1(CO[C@@H]2O[C@H](CO)[C@@H](O)[C@H](O)[C@H]2O)CC[C@]2(C)CC[C@]3(C)C(=CC[C@@H]4[C@@]5(C)CC[C@H](O[C@@H]6O[C@H](CO)[C@@H](O)[C@H](O)[C@H]6O)[C@@](C)(CO)[C@H]5CC[C@]43C)[C@@H]2C1. The van der Waals surface area contributed by atoms with Crippen molar-refractivity contribution in [1.29, 1.82) is 0 Å². The van der Waals surface area contributed by atoms with Crippen LogP contribution >= 0.6 is 0 Å². The third-order valence-corrected chi connectivity index (χ3v) is 17.6. The third-order valence-electron chi connectivity index (χ3n) is 17.6. The minimum absolute atomic E-state index is 0.00562. The predicted molar refractivity (Wildman–Crippen MR) is 199 cm³/mol. The Hall–Kier alpha value is -0.780. The number of hydrogen-bond acceptors (Lipinski definition) is 13. The van der Waals surface area contributed by atoms with Crippen LogP contribution in [-0.2, 0) is 18.9 Å². The largest absolute Gasteiger partial charge is 0.396 e. The van der Waals surface area contributed by atoms with Crippen molar-refractivity contribution in [2.24, 2.45) is 50.2 Å². The van der Waals surface area contributed by atoms with Crippen molar-refractivity contribution in [3.8, 4) is 0 Å². The number of hydrogen-bond donors (Lipinski definition) is 9. The summed E-state index contributed by atoms with van der Waals surface area (Å²) in [7, 11) is 0. The Morgan fingerprint density at radius 3 is 1.89 bits per heavy atom. The van der Waals surface area contributed by atoms with Crippen LogP contribution in [0.5, 0.6) is 0 Å². The van der Waals surface area contributed by atoms with E-state index >= 15 is 0 Å². The maximum absolute atomic E-state index is 11.2. The molecule has 4 saturated carbocycles. The van der Waals surface area contributed by atoms with Gasteiger partial charge in [0.05, 0.1) is 32.5 Å². The molecule has 2 saturated heterocycles. The van der Waals surface area contributed by atoms with Crippen LogP contribution in [0.15, 0.2) is 11.6 Å². The van der Waals surface area contributed by atoms with Gasteiger partial charge in [0.15, 0.2) is 12.6 Å². The summed E-state index contributed by atoms with van der Waals surface area (Å²) in [6.07, 6.45) is -1.70. The molecule has 316 valence electrons. The van der Waals surface area contributed by atoms with Gasteiger partial charge in [-0.05, 0) is 109 Å². The maximum atomic E-state index is 11.2. The highest BCUT2D eigenvalue weighted by molar-refractivity contribution is 5.33. The molecule has 0 aromatic heterocycles. The molecule has 0 aromatic rings. The monoisotopic (exact) mass is 782 g/mol. The fourth-order valence-electron chi connectivity index (χ4n) is 13.6. The second-order valence-electron chi connectivity index (χ2n) is 20.5. The van der Waals surface area contributed by atoms with Crippen molar-refractivity contribution >= 4 is 0 Å². The van der Waals surface area contributed by atoms with Gasteiger partial charge in [0.2, 0.25) is 0 Å². The van der Waals surface area contributed by atoms with Crippen LogP contribution < -0.4 is 0 Å². The Kier molecular flexibility index (Phi) is 11.4. The van der Waals surface area contributed by atoms with E-state index in [1.807, 2.05) is 0 Å². The van der Waals surface area contributed by atoms with E-state index in [0.717, 1.165) is 57.8 Å². The summed E-state index contributed by atoms with van der Waals surface area (Å²) in [4.78, 5) is 0. The summed E-state index contributed by atoms with van der Waals surface area (Å²) in [5.74, 6) is 0.828. The molecule has 2 heterocycles. The van der Waals surface area contributed by atoms with Gasteiger partial charge in [-0.2, -0.15) is 0 Å². The van der Waals surface area contributed by atoms with Crippen LogP contribution in [0.2, 0.25) is 0 Å². The molecule has 20 atom stereocenters. The second-order valence-corrected chi connectivity index (χ2v) is 20.5. The number of fused-ring (bicyclic) bond motifs is 7. The molecular formula is C42H70O13. The van der Waals surface area contributed by atoms with E-state index in [4.69, 9.17) is 18.9 Å². The van der Waals surface area contributed by atoms with Crippen LogP contribution in [0.4, 0.5) is 0 Å². The molecule has 0 radical (unpaired) electrons. The molecule has 2 aliphatic heterocycles. The van der Waals surface area contributed by atoms with Gasteiger partial charge < -0.3 is 64.9 Å². The minimum atomic E-state index is -1.53. The molecule has 7 aliphatic rings. The molecular weight excluding hydrogens is 712 g/mol. The van der Waals surface area contributed by atoms with Crippen molar-refractivity contribution in [3.05, 3.63) is 11.6 Å². The first-order valence-electron chi connectivity index (χ1n) is 21.0. The van der Waals surface area contributed by atoms with Crippen LogP contribution in [0.3, 0.4) is 0 Å². The van der Waals surface area contributed by atoms with Crippen molar-refractivity contribution in [2.45, 2.75) is 173 Å². The number of rotatable bonds is 8. The van der Waals surface area contributed by atoms with Gasteiger partial charge in [0.25, 0.3) is 0 Å². The average Bonchev–Trinajstić information content (AvgIpc) is 3.16. The highest BCUT2D eigenvalue weighted by Gasteiger charge is 2.69. The Morgan fingerprint density at radius 2 is 1.27 bits per heavy atom. The number of ether oxygens (including phenoxy) is 4. The van der Waals surface area contributed by atoms with E-state index in [9.17, 15) is 46.0 Å². The number of allylic oxidation sites excluding steroid dienone is 2. The van der Waals surface area contributed by atoms with Crippen LogP contribution in [0.25, 0.3) is 0 Å².